The maximum atomic E-state index is 11.4. The molecule has 0 fully saturated rings. The first-order chi connectivity index (χ1) is 9.50. The van der Waals surface area contributed by atoms with Crippen LogP contribution in [0.2, 0.25) is 0 Å². The standard InChI is InChI=1S/C14H17NO4S/c1-9(20(2)18)7-15-8-12-13(14(16)17)10-5-3-4-6-11(10)19-12/h3-6,9,15H,7-8H2,1-2H3,(H,16,17). The number of hydrogen-bond donors (Lipinski definition) is 2. The van der Waals surface area contributed by atoms with E-state index in [0.717, 1.165) is 0 Å². The van der Waals surface area contributed by atoms with Crippen LogP contribution in [0.3, 0.4) is 0 Å². The summed E-state index contributed by atoms with van der Waals surface area (Å²) in [7, 11) is -0.907. The summed E-state index contributed by atoms with van der Waals surface area (Å²) in [6, 6.07) is 7.06. The Morgan fingerprint density at radius 1 is 1.45 bits per heavy atom. The third-order valence-electron chi connectivity index (χ3n) is 3.17. The Balaban J connectivity index is 2.19. The number of carbonyl (C=O) groups is 1. The number of rotatable bonds is 6. The first-order valence-electron chi connectivity index (χ1n) is 6.27. The van der Waals surface area contributed by atoms with Crippen LogP contribution in [0.5, 0.6) is 0 Å². The smallest absolute Gasteiger partial charge is 0.339 e. The van der Waals surface area contributed by atoms with Gasteiger partial charge < -0.3 is 14.8 Å². The number of carboxylic acids is 1. The zero-order chi connectivity index (χ0) is 14.7. The number of hydrogen-bond acceptors (Lipinski definition) is 4. The van der Waals surface area contributed by atoms with Crippen molar-refractivity contribution < 1.29 is 18.5 Å². The largest absolute Gasteiger partial charge is 0.478 e. The second-order valence-corrected chi connectivity index (χ2v) is 6.44. The Bertz CT molecular complexity index is 650. The summed E-state index contributed by atoms with van der Waals surface area (Å²) in [5.74, 6) is -0.605. The van der Waals surface area contributed by atoms with Gasteiger partial charge in [-0.2, -0.15) is 0 Å². The second kappa shape index (κ2) is 6.19. The van der Waals surface area contributed by atoms with Gasteiger partial charge in [-0.25, -0.2) is 4.79 Å². The van der Waals surface area contributed by atoms with E-state index in [1.54, 1.807) is 30.5 Å². The molecular formula is C14H17NO4S. The van der Waals surface area contributed by atoms with Crippen LogP contribution in [0.15, 0.2) is 28.7 Å². The highest BCUT2D eigenvalue weighted by atomic mass is 32.2. The number of fused-ring (bicyclic) bond motifs is 1. The Morgan fingerprint density at radius 2 is 2.15 bits per heavy atom. The van der Waals surface area contributed by atoms with Crippen molar-refractivity contribution in [1.82, 2.24) is 5.32 Å². The number of aromatic carboxylic acids is 1. The average Bonchev–Trinajstić information content (AvgIpc) is 2.76. The van der Waals surface area contributed by atoms with Crippen molar-refractivity contribution in [3.63, 3.8) is 0 Å². The van der Waals surface area contributed by atoms with Gasteiger partial charge in [-0.3, -0.25) is 4.21 Å². The molecule has 2 unspecified atom stereocenters. The number of para-hydroxylation sites is 1. The minimum atomic E-state index is -1.00. The molecule has 20 heavy (non-hydrogen) atoms. The van der Waals surface area contributed by atoms with Crippen LogP contribution >= 0.6 is 0 Å². The van der Waals surface area contributed by atoms with Crippen molar-refractivity contribution in [3.8, 4) is 0 Å². The average molecular weight is 295 g/mol. The summed E-state index contributed by atoms with van der Waals surface area (Å²) < 4.78 is 16.8. The minimum Gasteiger partial charge on any atom is -0.478 e. The van der Waals surface area contributed by atoms with Gasteiger partial charge in [0, 0.05) is 34.2 Å². The van der Waals surface area contributed by atoms with Crippen LogP contribution in [-0.4, -0.2) is 33.3 Å². The van der Waals surface area contributed by atoms with Gasteiger partial charge in [0.2, 0.25) is 0 Å². The fourth-order valence-corrected chi connectivity index (χ4v) is 2.31. The zero-order valence-electron chi connectivity index (χ0n) is 11.4. The normalized spacial score (nSPS) is 14.3. The van der Waals surface area contributed by atoms with E-state index >= 15 is 0 Å². The van der Waals surface area contributed by atoms with E-state index in [2.05, 4.69) is 5.32 Å². The van der Waals surface area contributed by atoms with E-state index in [9.17, 15) is 14.1 Å². The predicted molar refractivity (Wildman–Crippen MR) is 78.4 cm³/mol. The summed E-state index contributed by atoms with van der Waals surface area (Å²) in [5.41, 5.74) is 0.757. The van der Waals surface area contributed by atoms with Crippen LogP contribution < -0.4 is 5.32 Å². The molecule has 0 saturated heterocycles. The molecule has 2 rings (SSSR count). The second-order valence-electron chi connectivity index (χ2n) is 4.64. The Labute approximate surface area is 119 Å². The van der Waals surface area contributed by atoms with Gasteiger partial charge in [-0.05, 0) is 13.0 Å². The van der Waals surface area contributed by atoms with Gasteiger partial charge in [0.25, 0.3) is 0 Å². The maximum Gasteiger partial charge on any atom is 0.339 e. The third-order valence-corrected chi connectivity index (χ3v) is 4.47. The topological polar surface area (TPSA) is 79.5 Å². The van der Waals surface area contributed by atoms with Gasteiger partial charge in [0.15, 0.2) is 0 Å². The molecule has 108 valence electrons. The van der Waals surface area contributed by atoms with Crippen LogP contribution in [0, 0.1) is 0 Å². The highest BCUT2D eigenvalue weighted by molar-refractivity contribution is 7.84. The van der Waals surface area contributed by atoms with E-state index in [1.165, 1.54) is 0 Å². The maximum absolute atomic E-state index is 11.4. The number of benzene rings is 1. The molecule has 1 aromatic carbocycles. The quantitative estimate of drug-likeness (QED) is 0.852. The monoisotopic (exact) mass is 295 g/mol. The van der Waals surface area contributed by atoms with Crippen LogP contribution in [0.4, 0.5) is 0 Å². The van der Waals surface area contributed by atoms with Gasteiger partial charge in [-0.1, -0.05) is 18.2 Å². The molecular weight excluding hydrogens is 278 g/mol. The highest BCUT2D eigenvalue weighted by Gasteiger charge is 2.19. The molecule has 2 atom stereocenters. The van der Waals surface area contributed by atoms with Crippen molar-refractivity contribution >= 4 is 27.7 Å². The molecule has 2 N–H and O–H groups in total. The van der Waals surface area contributed by atoms with Crippen LogP contribution in [-0.2, 0) is 17.3 Å². The molecule has 2 aromatic rings. The lowest BCUT2D eigenvalue weighted by atomic mass is 10.1. The lowest BCUT2D eigenvalue weighted by Gasteiger charge is -2.08. The van der Waals surface area contributed by atoms with Crippen molar-refractivity contribution in [2.24, 2.45) is 0 Å². The van der Waals surface area contributed by atoms with Crippen molar-refractivity contribution in [2.45, 2.75) is 18.7 Å². The number of carboxylic acid groups (broad SMARTS) is 1. The Hall–Kier alpha value is -1.66. The van der Waals surface area contributed by atoms with Gasteiger partial charge in [0.1, 0.15) is 16.9 Å². The molecule has 5 nitrogen and oxygen atoms in total. The van der Waals surface area contributed by atoms with Gasteiger partial charge in [-0.15, -0.1) is 0 Å². The molecule has 1 heterocycles. The molecule has 1 aromatic heterocycles. The first-order valence-corrected chi connectivity index (χ1v) is 7.89. The SMILES string of the molecule is CC(CNCc1oc2ccccc2c1C(=O)O)S(C)=O. The minimum absolute atomic E-state index is 0.00709. The number of nitrogens with one attached hydrogen (secondary N) is 1. The highest BCUT2D eigenvalue weighted by Crippen LogP contribution is 2.25. The van der Waals surface area contributed by atoms with Crippen molar-refractivity contribution in [1.29, 1.82) is 0 Å². The van der Waals surface area contributed by atoms with E-state index in [4.69, 9.17) is 4.42 Å². The first kappa shape index (κ1) is 14.7. The summed E-state index contributed by atoms with van der Waals surface area (Å²) in [4.78, 5) is 11.4. The lowest BCUT2D eigenvalue weighted by molar-refractivity contribution is 0.0696. The summed E-state index contributed by atoms with van der Waals surface area (Å²) >= 11 is 0. The molecule has 0 saturated carbocycles. The van der Waals surface area contributed by atoms with Gasteiger partial charge >= 0.3 is 5.97 Å². The molecule has 0 amide bonds. The van der Waals surface area contributed by atoms with Crippen LogP contribution in [0.1, 0.15) is 23.0 Å². The molecule has 0 spiro atoms. The lowest BCUT2D eigenvalue weighted by Crippen LogP contribution is -2.27. The van der Waals surface area contributed by atoms with Crippen molar-refractivity contribution in [3.05, 3.63) is 35.6 Å². The molecule has 0 aliphatic rings. The fraction of sp³-hybridized carbons (Fsp3) is 0.357. The summed E-state index contributed by atoms with van der Waals surface area (Å²) in [5, 5.41) is 13.0. The molecule has 6 heteroatoms. The molecule has 0 aliphatic carbocycles. The molecule has 0 bridgehead atoms. The Morgan fingerprint density at radius 3 is 2.80 bits per heavy atom. The fourth-order valence-electron chi connectivity index (χ4n) is 1.96. The number of furan rings is 1. The zero-order valence-corrected chi connectivity index (χ0v) is 12.2. The third kappa shape index (κ3) is 3.08. The predicted octanol–water partition coefficient (Wildman–Crippen LogP) is 1.99. The van der Waals surface area contributed by atoms with Crippen LogP contribution in [0.25, 0.3) is 11.0 Å². The molecule has 0 aliphatic heterocycles. The molecule has 0 radical (unpaired) electrons. The van der Waals surface area contributed by atoms with E-state index < -0.39 is 16.8 Å². The van der Waals surface area contributed by atoms with E-state index in [-0.39, 0.29) is 10.8 Å². The van der Waals surface area contributed by atoms with E-state index in [0.29, 0.717) is 29.8 Å². The van der Waals surface area contributed by atoms with Crippen molar-refractivity contribution in [2.75, 3.05) is 12.8 Å². The van der Waals surface area contributed by atoms with E-state index in [1.807, 2.05) is 6.92 Å². The van der Waals surface area contributed by atoms with Gasteiger partial charge in [0.05, 0.1) is 6.54 Å². The summed E-state index contributed by atoms with van der Waals surface area (Å²) in [6.45, 7) is 2.72. The Kier molecular flexibility index (Phi) is 4.57. The summed E-state index contributed by atoms with van der Waals surface area (Å²) in [6.07, 6.45) is 1.65.